The lowest BCUT2D eigenvalue weighted by atomic mass is 10.3. The van der Waals surface area contributed by atoms with Crippen molar-refractivity contribution in [2.24, 2.45) is 0 Å². The van der Waals surface area contributed by atoms with Gasteiger partial charge in [-0.05, 0) is 28.8 Å². The quantitative estimate of drug-likeness (QED) is 0.809. The molecule has 1 rings (SSSR count). The second-order valence-corrected chi connectivity index (χ2v) is 5.35. The summed E-state index contributed by atoms with van der Waals surface area (Å²) in [5.74, 6) is -0.0578. The van der Waals surface area contributed by atoms with Gasteiger partial charge in [0.05, 0.1) is 6.42 Å². The van der Waals surface area contributed by atoms with E-state index >= 15 is 0 Å². The normalized spacial score (nSPS) is 12.6. The number of hydrogen-bond acceptors (Lipinski definition) is 3. The third-order valence-electron chi connectivity index (χ3n) is 1.74. The average Bonchev–Trinajstić information content (AvgIpc) is 2.63. The standard InChI is InChI=1S/C9H12O3S2/c10-9(11)3-6-14(12)5-2-8-1-4-13-7-8/h1,4,7H,2-3,5-6H2,(H,10,11). The number of thiophene rings is 1. The number of carboxylic acid groups (broad SMARTS) is 1. The minimum atomic E-state index is -1.00. The summed E-state index contributed by atoms with van der Waals surface area (Å²) in [6, 6.07) is 2.00. The largest absolute Gasteiger partial charge is 0.481 e. The van der Waals surface area contributed by atoms with Crippen LogP contribution in [0.15, 0.2) is 16.8 Å². The Hall–Kier alpha value is -0.680. The number of carbonyl (C=O) groups is 1. The lowest BCUT2D eigenvalue weighted by Gasteiger charge is -1.98. The molecule has 1 atom stereocenters. The Balaban J connectivity index is 2.18. The molecule has 0 aliphatic heterocycles. The van der Waals surface area contributed by atoms with E-state index in [1.807, 2.05) is 16.8 Å². The SMILES string of the molecule is O=C(O)CCS(=O)CCc1ccsc1. The first-order chi connectivity index (χ1) is 6.68. The van der Waals surface area contributed by atoms with Gasteiger partial charge in [-0.25, -0.2) is 0 Å². The molecule has 0 aliphatic rings. The Kier molecular flexibility index (Phi) is 4.82. The van der Waals surface area contributed by atoms with E-state index in [1.165, 1.54) is 5.56 Å². The van der Waals surface area contributed by atoms with Crippen molar-refractivity contribution in [3.63, 3.8) is 0 Å². The molecular weight excluding hydrogens is 220 g/mol. The fourth-order valence-electron chi connectivity index (χ4n) is 0.970. The zero-order valence-electron chi connectivity index (χ0n) is 7.64. The molecule has 78 valence electrons. The summed E-state index contributed by atoms with van der Waals surface area (Å²) in [6.45, 7) is 0. The predicted molar refractivity (Wildman–Crippen MR) is 58.2 cm³/mol. The number of carboxylic acids is 1. The number of aryl methyl sites for hydroxylation is 1. The molecule has 0 spiro atoms. The molecule has 1 heterocycles. The first-order valence-electron chi connectivity index (χ1n) is 4.26. The molecule has 0 bridgehead atoms. The molecule has 0 aromatic carbocycles. The zero-order valence-corrected chi connectivity index (χ0v) is 9.27. The summed E-state index contributed by atoms with van der Waals surface area (Å²) in [5, 5.41) is 12.4. The Bertz CT molecular complexity index is 306. The van der Waals surface area contributed by atoms with Gasteiger partial charge in [-0.2, -0.15) is 11.3 Å². The maximum absolute atomic E-state index is 11.3. The molecule has 5 heteroatoms. The molecule has 14 heavy (non-hydrogen) atoms. The summed E-state index contributed by atoms with van der Waals surface area (Å²) >= 11 is 1.62. The Labute approximate surface area is 89.2 Å². The van der Waals surface area contributed by atoms with Gasteiger partial charge in [0.2, 0.25) is 0 Å². The van der Waals surface area contributed by atoms with Crippen molar-refractivity contribution in [2.75, 3.05) is 11.5 Å². The number of rotatable bonds is 6. The van der Waals surface area contributed by atoms with Gasteiger partial charge in [-0.1, -0.05) is 0 Å². The second-order valence-electron chi connectivity index (χ2n) is 2.87. The first-order valence-corrected chi connectivity index (χ1v) is 6.69. The van der Waals surface area contributed by atoms with Crippen molar-refractivity contribution >= 4 is 28.1 Å². The van der Waals surface area contributed by atoms with Crippen LogP contribution >= 0.6 is 11.3 Å². The minimum Gasteiger partial charge on any atom is -0.481 e. The summed E-state index contributed by atoms with van der Waals surface area (Å²) in [4.78, 5) is 10.2. The maximum Gasteiger partial charge on any atom is 0.304 e. The van der Waals surface area contributed by atoms with Gasteiger partial charge in [-0.3, -0.25) is 9.00 Å². The van der Waals surface area contributed by atoms with Gasteiger partial charge in [0.25, 0.3) is 0 Å². The van der Waals surface area contributed by atoms with Gasteiger partial charge in [-0.15, -0.1) is 0 Å². The molecule has 1 aromatic rings. The third kappa shape index (κ3) is 4.53. The van der Waals surface area contributed by atoms with Crippen LogP contribution in [0.1, 0.15) is 12.0 Å². The summed E-state index contributed by atoms with van der Waals surface area (Å²) in [6.07, 6.45) is 0.770. The fourth-order valence-corrected chi connectivity index (χ4v) is 2.74. The average molecular weight is 232 g/mol. The van der Waals surface area contributed by atoms with Crippen molar-refractivity contribution in [1.82, 2.24) is 0 Å². The molecule has 1 unspecified atom stereocenters. The molecule has 0 aliphatic carbocycles. The van der Waals surface area contributed by atoms with Crippen LogP contribution in [0.25, 0.3) is 0 Å². The number of aliphatic carboxylic acids is 1. The van der Waals surface area contributed by atoms with Crippen LogP contribution in [-0.4, -0.2) is 26.8 Å². The highest BCUT2D eigenvalue weighted by Crippen LogP contribution is 2.07. The van der Waals surface area contributed by atoms with Gasteiger partial charge >= 0.3 is 5.97 Å². The molecular formula is C9H12O3S2. The van der Waals surface area contributed by atoms with Crippen LogP contribution in [0.5, 0.6) is 0 Å². The maximum atomic E-state index is 11.3. The van der Waals surface area contributed by atoms with E-state index in [1.54, 1.807) is 11.3 Å². The predicted octanol–water partition coefficient (Wildman–Crippen LogP) is 1.51. The van der Waals surface area contributed by atoms with Crippen molar-refractivity contribution in [3.05, 3.63) is 22.4 Å². The molecule has 0 radical (unpaired) electrons. The van der Waals surface area contributed by atoms with Crippen LogP contribution in [0, 0.1) is 0 Å². The molecule has 0 saturated carbocycles. The monoisotopic (exact) mass is 232 g/mol. The Morgan fingerprint density at radius 2 is 2.29 bits per heavy atom. The van der Waals surface area contributed by atoms with Crippen molar-refractivity contribution in [2.45, 2.75) is 12.8 Å². The van der Waals surface area contributed by atoms with E-state index in [0.717, 1.165) is 6.42 Å². The van der Waals surface area contributed by atoms with Crippen molar-refractivity contribution in [1.29, 1.82) is 0 Å². The topological polar surface area (TPSA) is 54.4 Å². The molecule has 0 fully saturated rings. The van der Waals surface area contributed by atoms with E-state index < -0.39 is 16.8 Å². The number of hydrogen-bond donors (Lipinski definition) is 1. The molecule has 1 N–H and O–H groups in total. The first kappa shape index (κ1) is 11.4. The minimum absolute atomic E-state index is 0.00372. The molecule has 3 nitrogen and oxygen atoms in total. The second kappa shape index (κ2) is 5.93. The van der Waals surface area contributed by atoms with E-state index in [2.05, 4.69) is 0 Å². The summed E-state index contributed by atoms with van der Waals surface area (Å²) in [7, 11) is -1.00. The van der Waals surface area contributed by atoms with Gasteiger partial charge in [0.15, 0.2) is 0 Å². The zero-order chi connectivity index (χ0) is 10.4. The third-order valence-corrected chi connectivity index (χ3v) is 3.79. The van der Waals surface area contributed by atoms with Crippen LogP contribution < -0.4 is 0 Å². The summed E-state index contributed by atoms with van der Waals surface area (Å²) < 4.78 is 11.3. The van der Waals surface area contributed by atoms with E-state index in [-0.39, 0.29) is 12.2 Å². The molecule has 0 saturated heterocycles. The highest BCUT2D eigenvalue weighted by molar-refractivity contribution is 7.84. The summed E-state index contributed by atoms with van der Waals surface area (Å²) in [5.41, 5.74) is 1.18. The fraction of sp³-hybridized carbons (Fsp3) is 0.444. The Morgan fingerprint density at radius 3 is 2.86 bits per heavy atom. The van der Waals surface area contributed by atoms with Crippen LogP contribution in [0.4, 0.5) is 0 Å². The Morgan fingerprint density at radius 1 is 1.50 bits per heavy atom. The highest BCUT2D eigenvalue weighted by atomic mass is 32.2. The van der Waals surface area contributed by atoms with Crippen molar-refractivity contribution in [3.8, 4) is 0 Å². The van der Waals surface area contributed by atoms with Crippen LogP contribution in [-0.2, 0) is 22.0 Å². The lowest BCUT2D eigenvalue weighted by Crippen LogP contribution is -2.08. The van der Waals surface area contributed by atoms with Gasteiger partial charge in [0.1, 0.15) is 0 Å². The smallest absolute Gasteiger partial charge is 0.304 e. The van der Waals surface area contributed by atoms with E-state index in [0.29, 0.717) is 5.75 Å². The van der Waals surface area contributed by atoms with Crippen LogP contribution in [0.2, 0.25) is 0 Å². The van der Waals surface area contributed by atoms with E-state index in [9.17, 15) is 9.00 Å². The van der Waals surface area contributed by atoms with Gasteiger partial charge in [0, 0.05) is 22.3 Å². The van der Waals surface area contributed by atoms with Crippen molar-refractivity contribution < 1.29 is 14.1 Å². The van der Waals surface area contributed by atoms with E-state index in [4.69, 9.17) is 5.11 Å². The van der Waals surface area contributed by atoms with Crippen LogP contribution in [0.3, 0.4) is 0 Å². The van der Waals surface area contributed by atoms with Gasteiger partial charge < -0.3 is 5.11 Å². The molecule has 1 aromatic heterocycles. The highest BCUT2D eigenvalue weighted by Gasteiger charge is 2.04. The lowest BCUT2D eigenvalue weighted by molar-refractivity contribution is -0.136. The molecule has 0 amide bonds.